The first-order chi connectivity index (χ1) is 12.1. The monoisotopic (exact) mass is 376 g/mol. The van der Waals surface area contributed by atoms with Crippen LogP contribution in [0.5, 0.6) is 0 Å². The number of aliphatic carboxylic acids is 1. The highest BCUT2D eigenvalue weighted by Crippen LogP contribution is 2.16. The number of rotatable bonds is 17. The SMILES string of the molecule is CCCCCCCC(Cl)CCCC.CCCCCCCCCC(=O)O. The Hall–Kier alpha value is -0.240. The van der Waals surface area contributed by atoms with E-state index in [1.165, 1.54) is 89.9 Å². The molecule has 1 unspecified atom stereocenters. The molecule has 0 aliphatic rings. The first-order valence-electron chi connectivity index (χ1n) is 10.9. The number of hydrogen-bond acceptors (Lipinski definition) is 1. The third-order valence-electron chi connectivity index (χ3n) is 4.49. The van der Waals surface area contributed by atoms with Crippen molar-refractivity contribution in [2.75, 3.05) is 0 Å². The Kier molecular flexibility index (Phi) is 25.6. The molecule has 1 N–H and O–H groups in total. The molecule has 0 aromatic heterocycles. The predicted octanol–water partition coefficient (Wildman–Crippen LogP) is 8.36. The van der Waals surface area contributed by atoms with Crippen LogP contribution in [0.15, 0.2) is 0 Å². The Labute approximate surface area is 163 Å². The number of halogens is 1. The summed E-state index contributed by atoms with van der Waals surface area (Å²) in [5.74, 6) is -0.663. The fraction of sp³-hybridized carbons (Fsp3) is 0.955. The van der Waals surface area contributed by atoms with Crippen LogP contribution in [0, 0.1) is 0 Å². The van der Waals surface area contributed by atoms with E-state index >= 15 is 0 Å². The third kappa shape index (κ3) is 28.8. The average Bonchev–Trinajstić information content (AvgIpc) is 2.59. The molecule has 2 nitrogen and oxygen atoms in total. The highest BCUT2D eigenvalue weighted by Gasteiger charge is 2.02. The zero-order chi connectivity index (χ0) is 19.2. The molecule has 1 atom stereocenters. The van der Waals surface area contributed by atoms with Crippen molar-refractivity contribution in [2.24, 2.45) is 0 Å². The number of unbranched alkanes of at least 4 members (excludes halogenated alkanes) is 11. The molecule has 0 aliphatic carbocycles. The highest BCUT2D eigenvalue weighted by molar-refractivity contribution is 6.20. The normalized spacial score (nSPS) is 11.7. The minimum absolute atomic E-state index is 0.341. The van der Waals surface area contributed by atoms with Gasteiger partial charge in [-0.2, -0.15) is 0 Å². The minimum Gasteiger partial charge on any atom is -0.481 e. The van der Waals surface area contributed by atoms with Gasteiger partial charge in [0.05, 0.1) is 0 Å². The summed E-state index contributed by atoms with van der Waals surface area (Å²) in [5.41, 5.74) is 0. The highest BCUT2D eigenvalue weighted by atomic mass is 35.5. The van der Waals surface area contributed by atoms with Crippen molar-refractivity contribution in [3.8, 4) is 0 Å². The maximum atomic E-state index is 10.1. The maximum Gasteiger partial charge on any atom is 0.303 e. The number of carboxylic acid groups (broad SMARTS) is 1. The van der Waals surface area contributed by atoms with Gasteiger partial charge in [-0.05, 0) is 19.3 Å². The van der Waals surface area contributed by atoms with Crippen molar-refractivity contribution in [1.82, 2.24) is 0 Å². The van der Waals surface area contributed by atoms with Crippen LogP contribution in [0.3, 0.4) is 0 Å². The quantitative estimate of drug-likeness (QED) is 0.204. The molecule has 0 saturated heterocycles. The standard InChI is InChI=1S/C12H25Cl.C10H20O2/c1-3-5-7-8-9-11-12(13)10-6-4-2;1-2-3-4-5-6-7-8-9-10(11)12/h12H,3-11H2,1-2H3;2-9H2,1H3,(H,11,12). The van der Waals surface area contributed by atoms with Crippen molar-refractivity contribution >= 4 is 17.6 Å². The van der Waals surface area contributed by atoms with Crippen molar-refractivity contribution in [1.29, 1.82) is 0 Å². The van der Waals surface area contributed by atoms with Gasteiger partial charge >= 0.3 is 5.97 Å². The van der Waals surface area contributed by atoms with E-state index in [1.54, 1.807) is 0 Å². The van der Waals surface area contributed by atoms with Gasteiger partial charge in [-0.25, -0.2) is 0 Å². The third-order valence-corrected chi connectivity index (χ3v) is 4.92. The topological polar surface area (TPSA) is 37.3 Å². The Morgan fingerprint density at radius 2 is 1.08 bits per heavy atom. The largest absolute Gasteiger partial charge is 0.481 e. The van der Waals surface area contributed by atoms with Gasteiger partial charge in [0.2, 0.25) is 0 Å². The zero-order valence-electron chi connectivity index (χ0n) is 17.3. The first kappa shape index (κ1) is 27.0. The fourth-order valence-electron chi connectivity index (χ4n) is 2.77. The van der Waals surface area contributed by atoms with Gasteiger partial charge in [0.25, 0.3) is 0 Å². The number of carbonyl (C=O) groups is 1. The Balaban J connectivity index is 0. The van der Waals surface area contributed by atoms with E-state index in [0.717, 1.165) is 12.8 Å². The van der Waals surface area contributed by atoms with Gasteiger partial charge in [0.15, 0.2) is 0 Å². The molecule has 0 saturated carbocycles. The molecule has 0 bridgehead atoms. The van der Waals surface area contributed by atoms with Gasteiger partial charge in [0.1, 0.15) is 0 Å². The van der Waals surface area contributed by atoms with Crippen molar-refractivity contribution in [3.05, 3.63) is 0 Å². The molecule has 0 heterocycles. The molecular weight excluding hydrogens is 332 g/mol. The average molecular weight is 377 g/mol. The first-order valence-corrected chi connectivity index (χ1v) is 11.4. The smallest absolute Gasteiger partial charge is 0.303 e. The molecule has 0 aromatic carbocycles. The van der Waals surface area contributed by atoms with Crippen molar-refractivity contribution in [2.45, 2.75) is 135 Å². The summed E-state index contributed by atoms with van der Waals surface area (Å²) in [6, 6.07) is 0. The molecule has 0 radical (unpaired) electrons. The maximum absolute atomic E-state index is 10.1. The van der Waals surface area contributed by atoms with Gasteiger partial charge in [-0.3, -0.25) is 4.79 Å². The van der Waals surface area contributed by atoms with Crippen molar-refractivity contribution < 1.29 is 9.90 Å². The fourth-order valence-corrected chi connectivity index (χ4v) is 3.08. The second-order valence-corrected chi connectivity index (χ2v) is 7.82. The summed E-state index contributed by atoms with van der Waals surface area (Å²) in [6.07, 6.45) is 20.5. The lowest BCUT2D eigenvalue weighted by molar-refractivity contribution is -0.137. The molecule has 152 valence electrons. The van der Waals surface area contributed by atoms with Gasteiger partial charge in [-0.15, -0.1) is 11.6 Å². The Bertz CT molecular complexity index is 256. The van der Waals surface area contributed by atoms with Crippen LogP contribution >= 0.6 is 11.6 Å². The van der Waals surface area contributed by atoms with E-state index < -0.39 is 5.97 Å². The van der Waals surface area contributed by atoms with Crippen LogP contribution in [-0.2, 0) is 4.79 Å². The van der Waals surface area contributed by atoms with E-state index in [-0.39, 0.29) is 0 Å². The van der Waals surface area contributed by atoms with E-state index in [0.29, 0.717) is 11.8 Å². The molecular formula is C22H45ClO2. The van der Waals surface area contributed by atoms with E-state index in [2.05, 4.69) is 20.8 Å². The summed E-state index contributed by atoms with van der Waals surface area (Å²) in [6.45, 7) is 6.68. The molecule has 0 aliphatic heterocycles. The second-order valence-electron chi connectivity index (χ2n) is 7.21. The lowest BCUT2D eigenvalue weighted by Crippen LogP contribution is -1.97. The lowest BCUT2D eigenvalue weighted by atomic mass is 10.1. The van der Waals surface area contributed by atoms with E-state index in [9.17, 15) is 4.79 Å². The molecule has 0 rings (SSSR count). The summed E-state index contributed by atoms with van der Waals surface area (Å²) in [7, 11) is 0. The summed E-state index contributed by atoms with van der Waals surface area (Å²) < 4.78 is 0. The summed E-state index contributed by atoms with van der Waals surface area (Å²) >= 11 is 6.17. The molecule has 0 fully saturated rings. The predicted molar refractivity (Wildman–Crippen MR) is 113 cm³/mol. The Morgan fingerprint density at radius 3 is 1.56 bits per heavy atom. The molecule has 0 amide bonds. The number of carboxylic acids is 1. The molecule has 25 heavy (non-hydrogen) atoms. The van der Waals surface area contributed by atoms with Gasteiger partial charge < -0.3 is 5.11 Å². The van der Waals surface area contributed by atoms with E-state index in [1.807, 2.05) is 0 Å². The molecule has 0 spiro atoms. The number of hydrogen-bond donors (Lipinski definition) is 1. The second kappa shape index (κ2) is 23.8. The zero-order valence-corrected chi connectivity index (χ0v) is 18.1. The summed E-state index contributed by atoms with van der Waals surface area (Å²) in [5, 5.41) is 8.80. The van der Waals surface area contributed by atoms with Gasteiger partial charge in [-0.1, -0.05) is 104 Å². The van der Waals surface area contributed by atoms with Crippen LogP contribution in [0.1, 0.15) is 130 Å². The van der Waals surface area contributed by atoms with Crippen molar-refractivity contribution in [3.63, 3.8) is 0 Å². The van der Waals surface area contributed by atoms with E-state index in [4.69, 9.17) is 16.7 Å². The molecule has 3 heteroatoms. The van der Waals surface area contributed by atoms with Crippen LogP contribution in [0.2, 0.25) is 0 Å². The Morgan fingerprint density at radius 1 is 0.680 bits per heavy atom. The van der Waals surface area contributed by atoms with Gasteiger partial charge in [0, 0.05) is 11.8 Å². The van der Waals surface area contributed by atoms with Crippen LogP contribution in [0.25, 0.3) is 0 Å². The lowest BCUT2D eigenvalue weighted by Gasteiger charge is -2.07. The minimum atomic E-state index is -0.663. The van der Waals surface area contributed by atoms with Crippen LogP contribution in [0.4, 0.5) is 0 Å². The molecule has 0 aromatic rings. The number of alkyl halides is 1. The summed E-state index contributed by atoms with van der Waals surface area (Å²) in [4.78, 5) is 10.1. The van der Waals surface area contributed by atoms with Crippen LogP contribution in [-0.4, -0.2) is 16.5 Å². The van der Waals surface area contributed by atoms with Crippen LogP contribution < -0.4 is 0 Å².